The number of rotatable bonds is 4. The zero-order valence-corrected chi connectivity index (χ0v) is 9.82. The summed E-state index contributed by atoms with van der Waals surface area (Å²) in [5.74, 6) is 11.4. The van der Waals surface area contributed by atoms with Crippen molar-refractivity contribution in [3.05, 3.63) is 34.7 Å². The van der Waals surface area contributed by atoms with E-state index in [1.54, 1.807) is 0 Å². The monoisotopic (exact) mass is 218 g/mol. The quantitative estimate of drug-likeness (QED) is 0.424. The molecule has 0 aliphatic heterocycles. The standard InChI is InChI=1S/C13H20N3/c1-16(14,15)10-4-6-12-9-8-11-5-2-3-7-13(11)12/h2-3,5,7-8H,4,6,9-10,14-15H2,1H3/q+1. The van der Waals surface area contributed by atoms with E-state index in [2.05, 4.69) is 30.3 Å². The van der Waals surface area contributed by atoms with Crippen LogP contribution in [-0.4, -0.2) is 18.3 Å². The van der Waals surface area contributed by atoms with Crippen molar-refractivity contribution in [3.8, 4) is 0 Å². The molecule has 1 aliphatic rings. The number of nitrogens with two attached hydrogens (primary N) is 2. The van der Waals surface area contributed by atoms with Crippen LogP contribution in [0.25, 0.3) is 11.6 Å². The molecule has 1 aliphatic carbocycles. The van der Waals surface area contributed by atoms with Crippen LogP contribution in [0.5, 0.6) is 0 Å². The van der Waals surface area contributed by atoms with Crippen molar-refractivity contribution in [1.29, 1.82) is 0 Å². The largest absolute Gasteiger partial charge is 0.179 e. The molecule has 0 unspecified atom stereocenters. The lowest BCUT2D eigenvalue weighted by Gasteiger charge is -2.20. The molecular formula is C13H20N3+. The lowest BCUT2D eigenvalue weighted by Crippen LogP contribution is -2.57. The van der Waals surface area contributed by atoms with Crippen molar-refractivity contribution in [2.24, 2.45) is 11.7 Å². The molecule has 0 saturated carbocycles. The third kappa shape index (κ3) is 2.70. The summed E-state index contributed by atoms with van der Waals surface area (Å²) in [5.41, 5.74) is 1.52. The number of hydrogen-bond donors (Lipinski definition) is 2. The Bertz CT molecular complexity index is 483. The van der Waals surface area contributed by atoms with Crippen LogP contribution in [0.4, 0.5) is 0 Å². The Hall–Kier alpha value is -1.16. The van der Waals surface area contributed by atoms with Crippen molar-refractivity contribution in [1.82, 2.24) is 0 Å². The first-order chi connectivity index (χ1) is 7.56. The van der Waals surface area contributed by atoms with Crippen LogP contribution in [0.2, 0.25) is 0 Å². The van der Waals surface area contributed by atoms with Gasteiger partial charge in [0.15, 0.2) is 0 Å². The summed E-state index contributed by atoms with van der Waals surface area (Å²) < 4.78 is 0.0681. The fourth-order valence-electron chi connectivity index (χ4n) is 2.21. The summed E-state index contributed by atoms with van der Waals surface area (Å²) in [7, 11) is 1.82. The van der Waals surface area contributed by atoms with Gasteiger partial charge in [0.05, 0.1) is 0 Å². The minimum absolute atomic E-state index is 0.0681. The van der Waals surface area contributed by atoms with Crippen molar-refractivity contribution < 1.29 is 4.70 Å². The fraction of sp³-hybridized carbons (Fsp3) is 0.385. The Kier molecular flexibility index (Phi) is 3.10. The Morgan fingerprint density at radius 2 is 2.00 bits per heavy atom. The molecule has 0 aromatic heterocycles. The molecule has 86 valence electrons. The minimum Gasteiger partial charge on any atom is -0.179 e. The maximum atomic E-state index is 5.71. The Balaban J connectivity index is 2.06. The molecule has 0 radical (unpaired) electrons. The molecule has 2 rings (SSSR count). The predicted molar refractivity (Wildman–Crippen MR) is 66.8 cm³/mol. The van der Waals surface area contributed by atoms with Crippen molar-refractivity contribution in [3.63, 3.8) is 0 Å². The van der Waals surface area contributed by atoms with Gasteiger partial charge in [0.2, 0.25) is 0 Å². The van der Waals surface area contributed by atoms with Gasteiger partial charge in [-0.1, -0.05) is 35.9 Å². The first-order valence-electron chi connectivity index (χ1n) is 5.76. The Morgan fingerprint density at radius 3 is 2.75 bits per heavy atom. The number of benzene rings is 1. The van der Waals surface area contributed by atoms with Gasteiger partial charge in [-0.25, -0.2) is 0 Å². The average molecular weight is 218 g/mol. The second-order valence-electron chi connectivity index (χ2n) is 4.77. The SMILES string of the molecule is C[N+](N)(N)CCCC1=c2ccccc2=CC1. The second kappa shape index (κ2) is 4.37. The third-order valence-electron chi connectivity index (χ3n) is 3.03. The zero-order chi connectivity index (χ0) is 11.6. The van der Waals surface area contributed by atoms with Crippen LogP contribution in [0.15, 0.2) is 24.3 Å². The maximum absolute atomic E-state index is 5.71. The van der Waals surface area contributed by atoms with Gasteiger partial charge in [-0.05, 0) is 23.3 Å². The van der Waals surface area contributed by atoms with E-state index < -0.39 is 0 Å². The molecule has 3 heteroatoms. The maximum Gasteiger partial charge on any atom is 0.114 e. The molecule has 1 aromatic carbocycles. The lowest BCUT2D eigenvalue weighted by molar-refractivity contribution is -0.933. The predicted octanol–water partition coefficient (Wildman–Crippen LogP) is -0.00430. The topological polar surface area (TPSA) is 52.0 Å². The molecule has 0 heterocycles. The van der Waals surface area contributed by atoms with Crippen molar-refractivity contribution in [2.75, 3.05) is 13.6 Å². The van der Waals surface area contributed by atoms with E-state index in [1.165, 1.54) is 16.0 Å². The van der Waals surface area contributed by atoms with Crippen molar-refractivity contribution >= 4 is 11.6 Å². The first-order valence-corrected chi connectivity index (χ1v) is 5.76. The normalized spacial score (nSPS) is 14.8. The number of hydrogen-bond acceptors (Lipinski definition) is 2. The van der Waals surface area contributed by atoms with E-state index in [-0.39, 0.29) is 4.70 Å². The minimum atomic E-state index is 0.0681. The Morgan fingerprint density at radius 1 is 1.25 bits per heavy atom. The molecule has 0 atom stereocenters. The molecule has 0 fully saturated rings. The highest BCUT2D eigenvalue weighted by Gasteiger charge is 2.10. The summed E-state index contributed by atoms with van der Waals surface area (Å²) >= 11 is 0. The van der Waals surface area contributed by atoms with Crippen LogP contribution in [-0.2, 0) is 0 Å². The van der Waals surface area contributed by atoms with E-state index in [0.717, 1.165) is 25.8 Å². The Labute approximate surface area is 96.2 Å². The fourth-order valence-corrected chi connectivity index (χ4v) is 2.21. The zero-order valence-electron chi connectivity index (χ0n) is 9.82. The highest BCUT2D eigenvalue weighted by molar-refractivity contribution is 5.58. The van der Waals surface area contributed by atoms with Gasteiger partial charge in [-0.15, -0.1) is 0 Å². The number of quaternary nitrogens is 1. The molecule has 0 saturated heterocycles. The third-order valence-corrected chi connectivity index (χ3v) is 3.03. The van der Waals surface area contributed by atoms with E-state index in [9.17, 15) is 0 Å². The molecule has 16 heavy (non-hydrogen) atoms. The molecule has 0 bridgehead atoms. The van der Waals surface area contributed by atoms with Crippen molar-refractivity contribution in [2.45, 2.75) is 19.3 Å². The second-order valence-corrected chi connectivity index (χ2v) is 4.77. The van der Waals surface area contributed by atoms with Crippen LogP contribution < -0.4 is 22.1 Å². The van der Waals surface area contributed by atoms with E-state index >= 15 is 0 Å². The first kappa shape index (κ1) is 11.3. The summed E-state index contributed by atoms with van der Waals surface area (Å²) in [6.45, 7) is 0.811. The van der Waals surface area contributed by atoms with Crippen LogP contribution in [0.1, 0.15) is 19.3 Å². The number of fused-ring (bicyclic) bond motifs is 1. The van der Waals surface area contributed by atoms with Gasteiger partial charge in [0.25, 0.3) is 0 Å². The van der Waals surface area contributed by atoms with Crippen LogP contribution >= 0.6 is 0 Å². The molecule has 4 N–H and O–H groups in total. The van der Waals surface area contributed by atoms with Crippen LogP contribution in [0, 0.1) is 0 Å². The highest BCUT2D eigenvalue weighted by Crippen LogP contribution is 2.12. The molecule has 3 nitrogen and oxygen atoms in total. The smallest absolute Gasteiger partial charge is 0.114 e. The molecule has 0 amide bonds. The summed E-state index contributed by atoms with van der Waals surface area (Å²) in [5, 5.41) is 2.78. The molecule has 1 aromatic rings. The average Bonchev–Trinajstić information content (AvgIpc) is 2.60. The highest BCUT2D eigenvalue weighted by atomic mass is 15.7. The van der Waals surface area contributed by atoms with Gasteiger partial charge < -0.3 is 0 Å². The van der Waals surface area contributed by atoms with E-state index in [1.807, 2.05) is 7.05 Å². The number of nitrogens with zero attached hydrogens (tertiary/aromatic N) is 1. The lowest BCUT2D eigenvalue weighted by atomic mass is 10.1. The molecule has 0 spiro atoms. The van der Waals surface area contributed by atoms with Crippen LogP contribution in [0.3, 0.4) is 0 Å². The summed E-state index contributed by atoms with van der Waals surface area (Å²) in [6.07, 6.45) is 5.51. The van der Waals surface area contributed by atoms with Gasteiger partial charge >= 0.3 is 0 Å². The summed E-state index contributed by atoms with van der Waals surface area (Å²) in [6, 6.07) is 8.57. The van der Waals surface area contributed by atoms with Gasteiger partial charge in [-0.3, -0.25) is 0 Å². The molecular weight excluding hydrogens is 198 g/mol. The van der Waals surface area contributed by atoms with Gasteiger partial charge in [0, 0.05) is 6.42 Å². The van der Waals surface area contributed by atoms with E-state index in [4.69, 9.17) is 11.7 Å². The van der Waals surface area contributed by atoms with Gasteiger partial charge in [0.1, 0.15) is 13.6 Å². The summed E-state index contributed by atoms with van der Waals surface area (Å²) in [4.78, 5) is 0. The van der Waals surface area contributed by atoms with Gasteiger partial charge in [-0.2, -0.15) is 16.4 Å². The van der Waals surface area contributed by atoms with E-state index in [0.29, 0.717) is 0 Å².